The lowest BCUT2D eigenvalue weighted by Gasteiger charge is -2.14. The van der Waals surface area contributed by atoms with Crippen LogP contribution in [-0.4, -0.2) is 39.8 Å². The van der Waals surface area contributed by atoms with Crippen LogP contribution in [0.3, 0.4) is 0 Å². The van der Waals surface area contributed by atoms with Gasteiger partial charge in [0, 0.05) is 24.9 Å². The highest BCUT2D eigenvalue weighted by Gasteiger charge is 2.18. The van der Waals surface area contributed by atoms with Crippen LogP contribution in [0.2, 0.25) is 10.0 Å². The fourth-order valence-corrected chi connectivity index (χ4v) is 4.08. The van der Waals surface area contributed by atoms with Gasteiger partial charge >= 0.3 is 6.03 Å². The van der Waals surface area contributed by atoms with Gasteiger partial charge in [-0.05, 0) is 30.7 Å². The standard InChI is InChI=1S/C20H21Cl2N5OS/c1-13-5-4-6-14(9-13)12-29-20-25-24-18(11-23-19(28)26(2)3)27(20)17-8-7-15(21)10-16(17)22/h4-10H,11-12H2,1-3H3,(H,23,28). The summed E-state index contributed by atoms with van der Waals surface area (Å²) >= 11 is 14.1. The normalized spacial score (nSPS) is 10.8. The van der Waals surface area contributed by atoms with Crippen molar-refractivity contribution in [2.24, 2.45) is 0 Å². The number of carbonyl (C=O) groups excluding carboxylic acids is 1. The molecule has 29 heavy (non-hydrogen) atoms. The van der Waals surface area contributed by atoms with Gasteiger partial charge in [-0.1, -0.05) is 64.8 Å². The largest absolute Gasteiger partial charge is 0.331 e. The Kier molecular flexibility index (Phi) is 7.05. The minimum Gasteiger partial charge on any atom is -0.331 e. The summed E-state index contributed by atoms with van der Waals surface area (Å²) in [6.07, 6.45) is 0. The van der Waals surface area contributed by atoms with Gasteiger partial charge in [0.1, 0.15) is 0 Å². The summed E-state index contributed by atoms with van der Waals surface area (Å²) < 4.78 is 1.86. The maximum absolute atomic E-state index is 11.9. The minimum absolute atomic E-state index is 0.212. The molecule has 0 saturated carbocycles. The van der Waals surface area contributed by atoms with Crippen LogP contribution in [0.1, 0.15) is 17.0 Å². The third-order valence-corrected chi connectivity index (χ3v) is 5.64. The predicted molar refractivity (Wildman–Crippen MR) is 118 cm³/mol. The molecule has 152 valence electrons. The highest BCUT2D eigenvalue weighted by molar-refractivity contribution is 7.98. The first kappa shape index (κ1) is 21.5. The van der Waals surface area contributed by atoms with Crippen molar-refractivity contribution in [2.75, 3.05) is 14.1 Å². The molecule has 0 fully saturated rings. The molecule has 0 saturated heterocycles. The van der Waals surface area contributed by atoms with Crippen molar-refractivity contribution in [3.8, 4) is 5.69 Å². The molecule has 0 bridgehead atoms. The van der Waals surface area contributed by atoms with Crippen LogP contribution in [-0.2, 0) is 12.3 Å². The summed E-state index contributed by atoms with van der Waals surface area (Å²) in [5, 5.41) is 13.2. The number of nitrogens with one attached hydrogen (secondary N) is 1. The van der Waals surface area contributed by atoms with E-state index in [1.54, 1.807) is 38.0 Å². The number of rotatable bonds is 6. The first-order chi connectivity index (χ1) is 13.8. The Bertz CT molecular complexity index is 1020. The van der Waals surface area contributed by atoms with Gasteiger partial charge in [-0.3, -0.25) is 4.57 Å². The second kappa shape index (κ2) is 9.52. The van der Waals surface area contributed by atoms with Gasteiger partial charge in [0.05, 0.1) is 17.3 Å². The maximum atomic E-state index is 11.9. The Labute approximate surface area is 184 Å². The summed E-state index contributed by atoms with van der Waals surface area (Å²) in [6, 6.07) is 13.4. The lowest BCUT2D eigenvalue weighted by Crippen LogP contribution is -2.34. The molecule has 0 spiro atoms. The molecule has 0 aliphatic carbocycles. The number of hydrogen-bond acceptors (Lipinski definition) is 4. The van der Waals surface area contributed by atoms with Crippen LogP contribution < -0.4 is 5.32 Å². The van der Waals surface area contributed by atoms with Crippen LogP contribution in [0.5, 0.6) is 0 Å². The average molecular weight is 450 g/mol. The number of urea groups is 1. The molecule has 0 aliphatic rings. The molecule has 2 aromatic carbocycles. The Morgan fingerprint density at radius 2 is 1.97 bits per heavy atom. The van der Waals surface area contributed by atoms with Crippen LogP contribution in [0.15, 0.2) is 47.6 Å². The molecule has 0 unspecified atom stereocenters. The van der Waals surface area contributed by atoms with E-state index in [1.165, 1.54) is 16.0 Å². The van der Waals surface area contributed by atoms with Gasteiger partial charge < -0.3 is 10.2 Å². The van der Waals surface area contributed by atoms with Crippen molar-refractivity contribution in [1.82, 2.24) is 25.0 Å². The first-order valence-corrected chi connectivity index (χ1v) is 10.6. The van der Waals surface area contributed by atoms with E-state index in [9.17, 15) is 4.79 Å². The summed E-state index contributed by atoms with van der Waals surface area (Å²) in [7, 11) is 3.36. The number of nitrogens with zero attached hydrogens (tertiary/aromatic N) is 4. The average Bonchev–Trinajstić information content (AvgIpc) is 3.07. The number of hydrogen-bond donors (Lipinski definition) is 1. The Balaban J connectivity index is 1.91. The molecule has 1 heterocycles. The molecule has 6 nitrogen and oxygen atoms in total. The smallest absolute Gasteiger partial charge is 0.317 e. The maximum Gasteiger partial charge on any atom is 0.317 e. The van der Waals surface area contributed by atoms with E-state index in [0.717, 1.165) is 5.75 Å². The van der Waals surface area contributed by atoms with E-state index in [1.807, 2.05) is 16.7 Å². The number of thioether (sulfide) groups is 1. The van der Waals surface area contributed by atoms with Crippen molar-refractivity contribution >= 4 is 41.0 Å². The molecule has 1 N–H and O–H groups in total. The second-order valence-corrected chi connectivity index (χ2v) is 8.45. The number of carbonyl (C=O) groups is 1. The predicted octanol–water partition coefficient (Wildman–Crippen LogP) is 4.95. The zero-order chi connectivity index (χ0) is 21.0. The molecular weight excluding hydrogens is 429 g/mol. The molecule has 3 aromatic rings. The van der Waals surface area contributed by atoms with Crippen molar-refractivity contribution in [1.29, 1.82) is 0 Å². The monoisotopic (exact) mass is 449 g/mol. The molecule has 0 atom stereocenters. The van der Waals surface area contributed by atoms with Gasteiger partial charge in [-0.15, -0.1) is 10.2 Å². The third-order valence-electron chi connectivity index (χ3n) is 4.11. The Morgan fingerprint density at radius 1 is 1.17 bits per heavy atom. The fraction of sp³-hybridized carbons (Fsp3) is 0.250. The van der Waals surface area contributed by atoms with Crippen LogP contribution in [0.4, 0.5) is 4.79 Å². The molecule has 3 rings (SSSR count). The van der Waals surface area contributed by atoms with E-state index in [-0.39, 0.29) is 12.6 Å². The Morgan fingerprint density at radius 3 is 2.66 bits per heavy atom. The van der Waals surface area contributed by atoms with Gasteiger partial charge in [0.2, 0.25) is 0 Å². The zero-order valence-electron chi connectivity index (χ0n) is 16.3. The molecular formula is C20H21Cl2N5OS. The molecule has 2 amide bonds. The van der Waals surface area contributed by atoms with Gasteiger partial charge in [-0.2, -0.15) is 0 Å². The van der Waals surface area contributed by atoms with E-state index in [0.29, 0.717) is 26.7 Å². The SMILES string of the molecule is Cc1cccc(CSc2nnc(CNC(=O)N(C)C)n2-c2ccc(Cl)cc2Cl)c1. The van der Waals surface area contributed by atoms with E-state index in [4.69, 9.17) is 23.2 Å². The molecule has 9 heteroatoms. The number of benzene rings is 2. The van der Waals surface area contributed by atoms with Crippen LogP contribution >= 0.6 is 35.0 Å². The van der Waals surface area contributed by atoms with E-state index < -0.39 is 0 Å². The van der Waals surface area contributed by atoms with Crippen LogP contribution in [0, 0.1) is 6.92 Å². The molecule has 0 aliphatic heterocycles. The number of aromatic nitrogens is 3. The highest BCUT2D eigenvalue weighted by atomic mass is 35.5. The summed E-state index contributed by atoms with van der Waals surface area (Å²) in [5.41, 5.74) is 3.11. The summed E-state index contributed by atoms with van der Waals surface area (Å²) in [4.78, 5) is 13.4. The van der Waals surface area contributed by atoms with Crippen molar-refractivity contribution in [3.63, 3.8) is 0 Å². The van der Waals surface area contributed by atoms with E-state index >= 15 is 0 Å². The van der Waals surface area contributed by atoms with Gasteiger partial charge in [0.15, 0.2) is 11.0 Å². The summed E-state index contributed by atoms with van der Waals surface area (Å²) in [5.74, 6) is 1.31. The van der Waals surface area contributed by atoms with Crippen molar-refractivity contribution < 1.29 is 4.79 Å². The molecule has 0 radical (unpaired) electrons. The first-order valence-electron chi connectivity index (χ1n) is 8.88. The summed E-state index contributed by atoms with van der Waals surface area (Å²) in [6.45, 7) is 2.28. The third kappa shape index (κ3) is 5.44. The number of halogens is 2. The topological polar surface area (TPSA) is 63.1 Å². The van der Waals surface area contributed by atoms with Gasteiger partial charge in [-0.25, -0.2) is 4.79 Å². The number of aryl methyl sites for hydroxylation is 1. The van der Waals surface area contributed by atoms with Gasteiger partial charge in [0.25, 0.3) is 0 Å². The number of amides is 2. The van der Waals surface area contributed by atoms with E-state index in [2.05, 4.69) is 40.6 Å². The lowest BCUT2D eigenvalue weighted by atomic mass is 10.2. The van der Waals surface area contributed by atoms with Crippen molar-refractivity contribution in [2.45, 2.75) is 24.4 Å². The van der Waals surface area contributed by atoms with Crippen LogP contribution in [0.25, 0.3) is 5.69 Å². The Hall–Kier alpha value is -2.22. The quantitative estimate of drug-likeness (QED) is 0.540. The zero-order valence-corrected chi connectivity index (χ0v) is 18.6. The fourth-order valence-electron chi connectivity index (χ4n) is 2.68. The molecule has 1 aromatic heterocycles. The van der Waals surface area contributed by atoms with Crippen molar-refractivity contribution in [3.05, 3.63) is 69.5 Å². The minimum atomic E-state index is -0.212. The second-order valence-electron chi connectivity index (χ2n) is 6.66. The highest BCUT2D eigenvalue weighted by Crippen LogP contribution is 2.30. The lowest BCUT2D eigenvalue weighted by molar-refractivity contribution is 0.216.